The minimum Gasteiger partial charge on any atom is -0.421 e. The Balaban J connectivity index is 2.68. The first-order valence-electron chi connectivity index (χ1n) is 3.95. The van der Waals surface area contributed by atoms with Crippen molar-refractivity contribution in [1.82, 2.24) is 0 Å². The number of alkyl halides is 4. The van der Waals surface area contributed by atoms with Gasteiger partial charge in [0.25, 0.3) is 4.52 Å². The van der Waals surface area contributed by atoms with Crippen molar-refractivity contribution in [2.24, 2.45) is 0 Å². The summed E-state index contributed by atoms with van der Waals surface area (Å²) in [5, 5.41) is 0. The summed E-state index contributed by atoms with van der Waals surface area (Å²) in [4.78, 5) is 11.5. The van der Waals surface area contributed by atoms with Crippen molar-refractivity contribution in [3.8, 4) is 0 Å². The van der Waals surface area contributed by atoms with E-state index in [0.29, 0.717) is 5.56 Å². The molecule has 1 aliphatic rings. The molecule has 0 aromatic heterocycles. The quantitative estimate of drug-likeness (QED) is 0.538. The van der Waals surface area contributed by atoms with Crippen molar-refractivity contribution >= 4 is 52.4 Å². The highest BCUT2D eigenvalue weighted by atomic mass is 35.5. The largest absolute Gasteiger partial charge is 0.421 e. The van der Waals surface area contributed by atoms with Crippen LogP contribution in [0.15, 0.2) is 24.3 Å². The summed E-state index contributed by atoms with van der Waals surface area (Å²) in [7, 11) is 0. The maximum atomic E-state index is 11.5. The van der Waals surface area contributed by atoms with Crippen LogP contribution in [0.4, 0.5) is 0 Å². The highest BCUT2D eigenvalue weighted by Crippen LogP contribution is 2.54. The van der Waals surface area contributed by atoms with Crippen LogP contribution >= 0.6 is 46.4 Å². The van der Waals surface area contributed by atoms with E-state index in [1.807, 2.05) is 0 Å². The lowest BCUT2D eigenvalue weighted by atomic mass is 10.0. The molecule has 1 aromatic carbocycles. The molecule has 0 atom stereocenters. The van der Waals surface area contributed by atoms with Gasteiger partial charge in [0.15, 0.2) is 0 Å². The van der Waals surface area contributed by atoms with Crippen LogP contribution in [0.25, 0.3) is 0 Å². The van der Waals surface area contributed by atoms with Crippen LogP contribution in [0.2, 0.25) is 0 Å². The third-order valence-electron chi connectivity index (χ3n) is 2.07. The van der Waals surface area contributed by atoms with Crippen LogP contribution in [-0.4, -0.2) is 10.5 Å². The van der Waals surface area contributed by atoms with Gasteiger partial charge in [0.1, 0.15) is 0 Å². The number of cyclic esters (lactones) is 1. The maximum Gasteiger partial charge on any atom is 0.341 e. The summed E-state index contributed by atoms with van der Waals surface area (Å²) in [5.74, 6) is -0.646. The second kappa shape index (κ2) is 3.42. The van der Waals surface area contributed by atoms with Gasteiger partial charge in [0, 0.05) is 5.56 Å². The monoisotopic (exact) mass is 284 g/mol. The van der Waals surface area contributed by atoms with E-state index in [9.17, 15) is 4.79 Å². The molecular weight excluding hydrogens is 282 g/mol. The molecule has 2 nitrogen and oxygen atoms in total. The Hall–Kier alpha value is -0.150. The Morgan fingerprint density at radius 2 is 1.67 bits per heavy atom. The Morgan fingerprint density at radius 3 is 2.33 bits per heavy atom. The Bertz CT molecular complexity index is 428. The molecule has 0 N–H and O–H groups in total. The molecule has 0 radical (unpaired) electrons. The highest BCUT2D eigenvalue weighted by molar-refractivity contribution is 6.62. The lowest BCUT2D eigenvalue weighted by molar-refractivity contribution is 0.0293. The zero-order chi connectivity index (χ0) is 11.3. The van der Waals surface area contributed by atoms with Gasteiger partial charge in [0.2, 0.25) is 4.33 Å². The van der Waals surface area contributed by atoms with Crippen LogP contribution in [0.1, 0.15) is 15.9 Å². The lowest BCUT2D eigenvalue weighted by Gasteiger charge is -2.37. The molecule has 80 valence electrons. The van der Waals surface area contributed by atoms with Crippen molar-refractivity contribution in [2.75, 3.05) is 0 Å². The second-order valence-electron chi connectivity index (χ2n) is 3.03. The molecule has 0 unspecified atom stereocenters. The molecule has 2 rings (SSSR count). The van der Waals surface area contributed by atoms with E-state index in [1.165, 1.54) is 0 Å². The molecule has 1 heterocycles. The van der Waals surface area contributed by atoms with Crippen molar-refractivity contribution in [1.29, 1.82) is 0 Å². The molecule has 15 heavy (non-hydrogen) atoms. The second-order valence-corrected chi connectivity index (χ2v) is 5.61. The average Bonchev–Trinajstić information content (AvgIpc) is 2.15. The van der Waals surface area contributed by atoms with Crippen molar-refractivity contribution in [2.45, 2.75) is 8.85 Å². The number of carbonyl (C=O) groups is 1. The summed E-state index contributed by atoms with van der Waals surface area (Å²) in [6.45, 7) is 0. The molecule has 1 aliphatic heterocycles. The molecule has 0 amide bonds. The SMILES string of the molecule is O=C1OC(Cl)(Cl)C(Cl)(Cl)c2ccccc21. The topological polar surface area (TPSA) is 26.3 Å². The predicted molar refractivity (Wildman–Crippen MR) is 59.7 cm³/mol. The number of rotatable bonds is 0. The lowest BCUT2D eigenvalue weighted by Crippen LogP contribution is -2.43. The first-order valence-corrected chi connectivity index (χ1v) is 5.46. The third-order valence-corrected chi connectivity index (χ3v) is 4.12. The Kier molecular flexibility index (Phi) is 2.59. The number of benzene rings is 1. The normalized spacial score (nSPS) is 21.7. The van der Waals surface area contributed by atoms with E-state index in [1.54, 1.807) is 24.3 Å². The van der Waals surface area contributed by atoms with Gasteiger partial charge in [-0.25, -0.2) is 4.79 Å². The summed E-state index contributed by atoms with van der Waals surface area (Å²) >= 11 is 23.5. The molecule has 1 aromatic rings. The van der Waals surface area contributed by atoms with Gasteiger partial charge in [0.05, 0.1) is 5.56 Å². The van der Waals surface area contributed by atoms with E-state index < -0.39 is 14.8 Å². The molecular formula is C9H4Cl4O2. The minimum atomic E-state index is -1.98. The molecule has 0 aliphatic carbocycles. The number of esters is 1. The maximum absolute atomic E-state index is 11.5. The van der Waals surface area contributed by atoms with Crippen LogP contribution in [-0.2, 0) is 9.07 Å². The molecule has 0 spiro atoms. The number of fused-ring (bicyclic) bond motifs is 1. The van der Waals surface area contributed by atoms with Gasteiger partial charge in [-0.2, -0.15) is 0 Å². The summed E-state index contributed by atoms with van der Waals surface area (Å²) in [6.07, 6.45) is 0. The van der Waals surface area contributed by atoms with Crippen LogP contribution < -0.4 is 0 Å². The van der Waals surface area contributed by atoms with Crippen molar-refractivity contribution in [3.63, 3.8) is 0 Å². The number of hydrogen-bond donors (Lipinski definition) is 0. The first-order chi connectivity index (χ1) is 6.86. The van der Waals surface area contributed by atoms with E-state index in [2.05, 4.69) is 0 Å². The summed E-state index contributed by atoms with van der Waals surface area (Å²) in [6, 6.07) is 6.47. The van der Waals surface area contributed by atoms with Gasteiger partial charge in [-0.1, -0.05) is 64.6 Å². The van der Waals surface area contributed by atoms with Crippen LogP contribution in [0.5, 0.6) is 0 Å². The van der Waals surface area contributed by atoms with Crippen molar-refractivity contribution in [3.05, 3.63) is 35.4 Å². The fourth-order valence-electron chi connectivity index (χ4n) is 1.33. The van der Waals surface area contributed by atoms with E-state index in [0.717, 1.165) is 0 Å². The number of halogens is 4. The standard InChI is InChI=1S/C9H4Cl4O2/c10-8(11)6-4-2-1-3-5(6)7(14)15-9(8,12)13/h1-4H. The molecule has 6 heteroatoms. The summed E-state index contributed by atoms with van der Waals surface area (Å²) in [5.41, 5.74) is 0.606. The zero-order valence-electron chi connectivity index (χ0n) is 7.14. The van der Waals surface area contributed by atoms with Gasteiger partial charge in [-0.3, -0.25) is 0 Å². The smallest absolute Gasteiger partial charge is 0.341 e. The predicted octanol–water partition coefficient (Wildman–Crippen LogP) is 3.62. The molecule has 0 saturated carbocycles. The first kappa shape index (κ1) is 11.3. The Labute approximate surface area is 106 Å². The van der Waals surface area contributed by atoms with Gasteiger partial charge < -0.3 is 4.74 Å². The van der Waals surface area contributed by atoms with Crippen LogP contribution in [0.3, 0.4) is 0 Å². The van der Waals surface area contributed by atoms with Crippen molar-refractivity contribution < 1.29 is 9.53 Å². The average molecular weight is 286 g/mol. The fourth-order valence-corrected chi connectivity index (χ4v) is 2.08. The van der Waals surface area contributed by atoms with Crippen LogP contribution in [0, 0.1) is 0 Å². The van der Waals surface area contributed by atoms with E-state index >= 15 is 0 Å². The number of hydrogen-bond acceptors (Lipinski definition) is 2. The Morgan fingerprint density at radius 1 is 1.07 bits per heavy atom. The fraction of sp³-hybridized carbons (Fsp3) is 0.222. The number of carbonyl (C=O) groups excluding carboxylic acids is 1. The highest BCUT2D eigenvalue weighted by Gasteiger charge is 2.57. The number of ether oxygens (including phenoxy) is 1. The minimum absolute atomic E-state index is 0.263. The van der Waals surface area contributed by atoms with E-state index in [-0.39, 0.29) is 5.56 Å². The van der Waals surface area contributed by atoms with E-state index in [4.69, 9.17) is 51.1 Å². The molecule has 0 bridgehead atoms. The van der Waals surface area contributed by atoms with Gasteiger partial charge in [-0.05, 0) is 6.07 Å². The molecule has 0 saturated heterocycles. The van der Waals surface area contributed by atoms with Gasteiger partial charge in [-0.15, -0.1) is 0 Å². The zero-order valence-corrected chi connectivity index (χ0v) is 10.2. The summed E-state index contributed by atoms with van der Waals surface area (Å²) < 4.78 is 1.08. The molecule has 0 fully saturated rings. The third kappa shape index (κ3) is 1.60. The van der Waals surface area contributed by atoms with Gasteiger partial charge >= 0.3 is 5.97 Å².